The third-order valence-corrected chi connectivity index (χ3v) is 4.74. The van der Waals surface area contributed by atoms with E-state index in [1.165, 1.54) is 0 Å². The summed E-state index contributed by atoms with van der Waals surface area (Å²) in [5, 5.41) is 0. The van der Waals surface area contributed by atoms with Crippen molar-refractivity contribution in [2.75, 3.05) is 6.54 Å². The van der Waals surface area contributed by atoms with Gasteiger partial charge in [-0.15, -0.1) is 0 Å². The lowest BCUT2D eigenvalue weighted by molar-refractivity contribution is 0.00578. The van der Waals surface area contributed by atoms with Gasteiger partial charge in [0.15, 0.2) is 0 Å². The minimum Gasteiger partial charge on any atom is -0.444 e. The van der Waals surface area contributed by atoms with Crippen LogP contribution in [0.1, 0.15) is 61.8 Å². The number of amides is 1. The number of carbonyl (C=O) groups excluding carboxylic acids is 1. The van der Waals surface area contributed by atoms with Gasteiger partial charge in [-0.2, -0.15) is 0 Å². The fraction of sp³-hybridized carbons (Fsp3) is 0.824. The van der Waals surface area contributed by atoms with Crippen LogP contribution >= 0.6 is 0 Å². The summed E-state index contributed by atoms with van der Waals surface area (Å²) >= 11 is 0. The lowest BCUT2D eigenvalue weighted by Gasteiger charge is -2.36. The molecule has 130 valence electrons. The molecule has 1 unspecified atom stereocenters. The SMILES string of the molecule is CC1=CCC(B2OC(C)(C)C(C)(C)O2)N(C(=O)OC(C)(C)C)C1. The van der Waals surface area contributed by atoms with Crippen LogP contribution in [0.2, 0.25) is 0 Å². The number of nitrogens with zero attached hydrogens (tertiary/aromatic N) is 1. The zero-order chi connectivity index (χ0) is 17.6. The smallest absolute Gasteiger partial charge is 0.444 e. The van der Waals surface area contributed by atoms with Crippen molar-refractivity contribution in [3.8, 4) is 0 Å². The number of hydrogen-bond donors (Lipinski definition) is 0. The van der Waals surface area contributed by atoms with Crippen molar-refractivity contribution in [2.24, 2.45) is 0 Å². The fourth-order valence-corrected chi connectivity index (χ4v) is 2.72. The molecule has 0 radical (unpaired) electrons. The van der Waals surface area contributed by atoms with Crippen molar-refractivity contribution in [1.29, 1.82) is 0 Å². The Bertz CT molecular complexity index is 491. The van der Waals surface area contributed by atoms with E-state index in [4.69, 9.17) is 14.0 Å². The molecule has 0 aromatic carbocycles. The molecule has 1 fully saturated rings. The Morgan fingerprint density at radius 3 is 2.26 bits per heavy atom. The molecule has 2 aliphatic rings. The van der Waals surface area contributed by atoms with Gasteiger partial charge in [-0.25, -0.2) is 4.79 Å². The molecular formula is C17H30BNO4. The van der Waals surface area contributed by atoms with Crippen molar-refractivity contribution in [3.05, 3.63) is 11.6 Å². The molecule has 1 atom stereocenters. The van der Waals surface area contributed by atoms with E-state index in [1.54, 1.807) is 4.90 Å². The molecule has 2 aliphatic heterocycles. The van der Waals surface area contributed by atoms with E-state index in [0.29, 0.717) is 13.0 Å². The van der Waals surface area contributed by atoms with Crippen molar-refractivity contribution < 1.29 is 18.8 Å². The second-order valence-electron chi connectivity index (χ2n) is 8.59. The quantitative estimate of drug-likeness (QED) is 0.547. The Hall–Kier alpha value is -1.01. The third kappa shape index (κ3) is 3.91. The van der Waals surface area contributed by atoms with Gasteiger partial charge in [-0.3, -0.25) is 0 Å². The molecule has 23 heavy (non-hydrogen) atoms. The maximum absolute atomic E-state index is 12.6. The highest BCUT2D eigenvalue weighted by Gasteiger charge is 2.55. The van der Waals surface area contributed by atoms with Gasteiger partial charge in [0.2, 0.25) is 0 Å². The molecule has 1 amide bonds. The van der Waals surface area contributed by atoms with Crippen molar-refractivity contribution >= 4 is 13.2 Å². The summed E-state index contributed by atoms with van der Waals surface area (Å²) in [4.78, 5) is 14.4. The number of carbonyl (C=O) groups is 1. The normalized spacial score (nSPS) is 27.0. The molecular weight excluding hydrogens is 293 g/mol. The van der Waals surface area contributed by atoms with Crippen molar-refractivity contribution in [3.63, 3.8) is 0 Å². The first-order valence-corrected chi connectivity index (χ1v) is 8.33. The van der Waals surface area contributed by atoms with Gasteiger partial charge in [-0.05, 0) is 61.8 Å². The van der Waals surface area contributed by atoms with Gasteiger partial charge in [0.1, 0.15) is 5.60 Å². The highest BCUT2D eigenvalue weighted by Crippen LogP contribution is 2.39. The second kappa shape index (κ2) is 5.81. The van der Waals surface area contributed by atoms with Gasteiger partial charge < -0.3 is 18.9 Å². The molecule has 0 aromatic heterocycles. The summed E-state index contributed by atoms with van der Waals surface area (Å²) in [5.74, 6) is -0.172. The molecule has 6 heteroatoms. The second-order valence-corrected chi connectivity index (χ2v) is 8.59. The van der Waals surface area contributed by atoms with Gasteiger partial charge in [0.25, 0.3) is 0 Å². The first kappa shape index (κ1) is 18.3. The van der Waals surface area contributed by atoms with E-state index in [0.717, 1.165) is 5.57 Å². The Morgan fingerprint density at radius 1 is 1.26 bits per heavy atom. The molecule has 0 N–H and O–H groups in total. The molecule has 0 bridgehead atoms. The molecule has 1 saturated heterocycles. The monoisotopic (exact) mass is 323 g/mol. The average Bonchev–Trinajstić information content (AvgIpc) is 2.56. The van der Waals surface area contributed by atoms with E-state index in [9.17, 15) is 4.79 Å². The van der Waals surface area contributed by atoms with E-state index in [2.05, 4.69) is 6.08 Å². The predicted molar refractivity (Wildman–Crippen MR) is 91.2 cm³/mol. The van der Waals surface area contributed by atoms with Gasteiger partial charge in [0.05, 0.1) is 17.1 Å². The molecule has 0 aromatic rings. The van der Waals surface area contributed by atoms with Crippen LogP contribution in [0.25, 0.3) is 0 Å². The first-order chi connectivity index (χ1) is 10.3. The average molecular weight is 323 g/mol. The Balaban J connectivity index is 2.20. The summed E-state index contributed by atoms with van der Waals surface area (Å²) in [6, 6.07) is 0. The van der Waals surface area contributed by atoms with Crippen molar-refractivity contribution in [1.82, 2.24) is 4.90 Å². The molecule has 5 nitrogen and oxygen atoms in total. The molecule has 2 rings (SSSR count). The zero-order valence-electron chi connectivity index (χ0n) is 15.7. The maximum Gasteiger partial charge on any atom is 0.482 e. The van der Waals surface area contributed by atoms with E-state index in [1.807, 2.05) is 55.4 Å². The Labute approximate surface area is 140 Å². The highest BCUT2D eigenvalue weighted by molar-refractivity contribution is 6.48. The highest BCUT2D eigenvalue weighted by atomic mass is 16.7. The van der Waals surface area contributed by atoms with E-state index < -0.39 is 23.9 Å². The van der Waals surface area contributed by atoms with Crippen molar-refractivity contribution in [2.45, 2.75) is 84.6 Å². The lowest BCUT2D eigenvalue weighted by atomic mass is 9.73. The minimum atomic E-state index is -0.521. The molecule has 0 aliphatic carbocycles. The number of hydrogen-bond acceptors (Lipinski definition) is 4. The van der Waals surface area contributed by atoms with Gasteiger partial charge in [0, 0.05) is 6.54 Å². The van der Waals surface area contributed by atoms with Crippen LogP contribution < -0.4 is 0 Å². The fourth-order valence-electron chi connectivity index (χ4n) is 2.72. The van der Waals surface area contributed by atoms with E-state index in [-0.39, 0.29) is 12.0 Å². The third-order valence-electron chi connectivity index (χ3n) is 4.74. The van der Waals surface area contributed by atoms with Crippen LogP contribution in [0.15, 0.2) is 11.6 Å². The summed E-state index contributed by atoms with van der Waals surface area (Å²) in [5.41, 5.74) is -0.184. The maximum atomic E-state index is 12.6. The Kier molecular flexibility index (Phi) is 4.64. The summed E-state index contributed by atoms with van der Waals surface area (Å²) in [6.45, 7) is 16.3. The first-order valence-electron chi connectivity index (χ1n) is 8.33. The standard InChI is InChI=1S/C17H30BNO4/c1-12-9-10-13(18-22-16(5,6)17(7,8)23-18)19(11-12)14(20)21-15(2,3)4/h9,13H,10-11H2,1-8H3. The van der Waals surface area contributed by atoms with Gasteiger partial charge in [-0.1, -0.05) is 11.6 Å². The molecule has 2 heterocycles. The van der Waals surface area contributed by atoms with E-state index >= 15 is 0 Å². The largest absolute Gasteiger partial charge is 0.482 e. The Morgan fingerprint density at radius 2 is 1.78 bits per heavy atom. The minimum absolute atomic E-state index is 0.172. The zero-order valence-corrected chi connectivity index (χ0v) is 15.7. The summed E-state index contributed by atoms with van der Waals surface area (Å²) < 4.78 is 17.9. The number of ether oxygens (including phenoxy) is 1. The topological polar surface area (TPSA) is 48.0 Å². The predicted octanol–water partition coefficient (Wildman–Crippen LogP) is 3.57. The van der Waals surface area contributed by atoms with Crippen LogP contribution in [0, 0.1) is 0 Å². The number of rotatable bonds is 1. The summed E-state index contributed by atoms with van der Waals surface area (Å²) in [6.07, 6.45) is 2.54. The molecule has 0 spiro atoms. The van der Waals surface area contributed by atoms with Crippen LogP contribution in [-0.2, 0) is 14.0 Å². The van der Waals surface area contributed by atoms with Crippen LogP contribution in [-0.4, -0.2) is 47.4 Å². The van der Waals surface area contributed by atoms with Crippen LogP contribution in [0.4, 0.5) is 4.79 Å². The summed E-state index contributed by atoms with van der Waals surface area (Å²) in [7, 11) is -0.447. The molecule has 0 saturated carbocycles. The van der Waals surface area contributed by atoms with Gasteiger partial charge >= 0.3 is 13.2 Å². The van der Waals surface area contributed by atoms with Crippen LogP contribution in [0.5, 0.6) is 0 Å². The van der Waals surface area contributed by atoms with Crippen LogP contribution in [0.3, 0.4) is 0 Å². The lowest BCUT2D eigenvalue weighted by Crippen LogP contribution is -2.54.